The SMILES string of the molecule is Cc1cc(NC(=O)C(=O)N2C[C@@H](C)CC[C@@]2(C)C2=CC3CCC(=O)NC3C=C2)cnc1C. The average molecular weight is 437 g/mol. The molecular formula is C25H32N4O3. The van der Waals surface area contributed by atoms with Gasteiger partial charge in [-0.3, -0.25) is 19.4 Å². The lowest BCUT2D eigenvalue weighted by Crippen LogP contribution is -2.58. The number of carbonyl (C=O) groups is 3. The minimum atomic E-state index is -0.640. The molecule has 1 aromatic heterocycles. The second kappa shape index (κ2) is 8.52. The molecule has 0 bridgehead atoms. The Morgan fingerprint density at radius 3 is 2.81 bits per heavy atom. The van der Waals surface area contributed by atoms with Gasteiger partial charge >= 0.3 is 11.8 Å². The Morgan fingerprint density at radius 1 is 1.28 bits per heavy atom. The summed E-state index contributed by atoms with van der Waals surface area (Å²) >= 11 is 0. The first-order chi connectivity index (χ1) is 15.2. The highest BCUT2D eigenvalue weighted by Gasteiger charge is 2.45. The number of anilines is 1. The Labute approximate surface area is 189 Å². The highest BCUT2D eigenvalue weighted by atomic mass is 16.2. The number of carbonyl (C=O) groups excluding carboxylic acids is 3. The molecule has 0 spiro atoms. The van der Waals surface area contributed by atoms with E-state index in [-0.39, 0.29) is 17.9 Å². The molecule has 3 heterocycles. The molecule has 7 nitrogen and oxygen atoms in total. The van der Waals surface area contributed by atoms with Crippen LogP contribution < -0.4 is 10.6 Å². The van der Waals surface area contributed by atoms with E-state index in [1.54, 1.807) is 11.1 Å². The summed E-state index contributed by atoms with van der Waals surface area (Å²) in [6, 6.07) is 1.84. The molecule has 3 amide bonds. The van der Waals surface area contributed by atoms with E-state index in [9.17, 15) is 14.4 Å². The van der Waals surface area contributed by atoms with Crippen molar-refractivity contribution in [1.29, 1.82) is 0 Å². The van der Waals surface area contributed by atoms with Gasteiger partial charge in [0.05, 0.1) is 23.5 Å². The van der Waals surface area contributed by atoms with Gasteiger partial charge in [0.2, 0.25) is 5.91 Å². The summed E-state index contributed by atoms with van der Waals surface area (Å²) in [5, 5.41) is 5.76. The summed E-state index contributed by atoms with van der Waals surface area (Å²) < 4.78 is 0. The molecule has 170 valence electrons. The Balaban J connectivity index is 1.57. The van der Waals surface area contributed by atoms with Crippen molar-refractivity contribution in [2.24, 2.45) is 11.8 Å². The topological polar surface area (TPSA) is 91.4 Å². The molecule has 2 unspecified atom stereocenters. The molecule has 2 aliphatic heterocycles. The van der Waals surface area contributed by atoms with Crippen LogP contribution in [0.25, 0.3) is 0 Å². The Kier molecular flexibility index (Phi) is 5.93. The number of pyridine rings is 1. The van der Waals surface area contributed by atoms with Crippen LogP contribution in [0.5, 0.6) is 0 Å². The van der Waals surface area contributed by atoms with E-state index in [1.165, 1.54) is 0 Å². The number of amides is 3. The van der Waals surface area contributed by atoms with Gasteiger partial charge in [0.15, 0.2) is 0 Å². The van der Waals surface area contributed by atoms with E-state index in [4.69, 9.17) is 0 Å². The maximum atomic E-state index is 13.4. The zero-order chi connectivity index (χ0) is 23.0. The Bertz CT molecular complexity index is 1010. The van der Waals surface area contributed by atoms with Crippen molar-refractivity contribution in [3.05, 3.63) is 47.3 Å². The fourth-order valence-corrected chi connectivity index (χ4v) is 4.97. The molecule has 2 fully saturated rings. The molecule has 2 saturated heterocycles. The van der Waals surface area contributed by atoms with Gasteiger partial charge in [0.1, 0.15) is 0 Å². The van der Waals surface area contributed by atoms with Crippen LogP contribution in [0.15, 0.2) is 36.1 Å². The van der Waals surface area contributed by atoms with Gasteiger partial charge in [0.25, 0.3) is 0 Å². The van der Waals surface area contributed by atoms with Crippen LogP contribution in [0.4, 0.5) is 5.69 Å². The molecule has 1 aliphatic carbocycles. The number of aryl methyl sites for hydroxylation is 2. The summed E-state index contributed by atoms with van der Waals surface area (Å²) in [5.74, 6) is -0.543. The van der Waals surface area contributed by atoms with E-state index in [1.807, 2.05) is 32.1 Å². The zero-order valence-corrected chi connectivity index (χ0v) is 19.3. The highest BCUT2D eigenvalue weighted by Crippen LogP contribution is 2.40. The zero-order valence-electron chi connectivity index (χ0n) is 19.3. The minimum Gasteiger partial charge on any atom is -0.349 e. The summed E-state index contributed by atoms with van der Waals surface area (Å²) in [6.07, 6.45) is 10.9. The molecule has 2 N–H and O–H groups in total. The van der Waals surface area contributed by atoms with E-state index in [2.05, 4.69) is 35.5 Å². The van der Waals surface area contributed by atoms with Gasteiger partial charge in [-0.2, -0.15) is 0 Å². The standard InChI is InChI=1S/C25H32N4O3/c1-15-9-10-25(4,19-6-7-21-18(12-19)5-8-22(30)28-21)29(14-15)24(32)23(31)27-20-11-16(2)17(3)26-13-20/h6-7,11-13,15,18,21H,5,8-10,14H2,1-4H3,(H,27,31)(H,28,30)/t15-,18?,21?,25-/m0/s1. The first kappa shape index (κ1) is 22.2. The number of nitrogens with one attached hydrogen (secondary N) is 2. The lowest BCUT2D eigenvalue weighted by Gasteiger charge is -2.49. The molecule has 0 radical (unpaired) electrons. The molecule has 0 aromatic carbocycles. The lowest BCUT2D eigenvalue weighted by atomic mass is 9.74. The summed E-state index contributed by atoms with van der Waals surface area (Å²) in [6.45, 7) is 8.53. The molecule has 32 heavy (non-hydrogen) atoms. The van der Waals surface area contributed by atoms with Crippen LogP contribution in [-0.4, -0.2) is 45.7 Å². The molecule has 3 aliphatic rings. The third kappa shape index (κ3) is 4.20. The summed E-state index contributed by atoms with van der Waals surface area (Å²) in [7, 11) is 0. The van der Waals surface area contributed by atoms with Crippen LogP contribution in [0.1, 0.15) is 50.8 Å². The number of rotatable bonds is 2. The largest absolute Gasteiger partial charge is 0.349 e. The van der Waals surface area contributed by atoms with Crippen LogP contribution in [-0.2, 0) is 14.4 Å². The van der Waals surface area contributed by atoms with Crippen molar-refractivity contribution in [2.75, 3.05) is 11.9 Å². The number of likely N-dealkylation sites (tertiary alicyclic amines) is 1. The quantitative estimate of drug-likeness (QED) is 0.697. The maximum absolute atomic E-state index is 13.4. The van der Waals surface area contributed by atoms with Crippen LogP contribution >= 0.6 is 0 Å². The first-order valence-corrected chi connectivity index (χ1v) is 11.4. The van der Waals surface area contributed by atoms with Crippen LogP contribution in [0, 0.1) is 25.7 Å². The predicted molar refractivity (Wildman–Crippen MR) is 123 cm³/mol. The van der Waals surface area contributed by atoms with E-state index in [0.29, 0.717) is 24.6 Å². The van der Waals surface area contributed by atoms with Crippen molar-refractivity contribution in [3.63, 3.8) is 0 Å². The van der Waals surface area contributed by atoms with Gasteiger partial charge in [-0.1, -0.05) is 25.2 Å². The number of nitrogens with zero attached hydrogens (tertiary/aromatic N) is 2. The Hall–Kier alpha value is -2.96. The maximum Gasteiger partial charge on any atom is 0.313 e. The van der Waals surface area contributed by atoms with Gasteiger partial charge in [-0.15, -0.1) is 0 Å². The average Bonchev–Trinajstić information content (AvgIpc) is 2.77. The number of fused-ring (bicyclic) bond motifs is 1. The van der Waals surface area contributed by atoms with Crippen molar-refractivity contribution < 1.29 is 14.4 Å². The first-order valence-electron chi connectivity index (χ1n) is 11.4. The molecule has 4 rings (SSSR count). The summed E-state index contributed by atoms with van der Waals surface area (Å²) in [5.41, 5.74) is 2.86. The molecule has 7 heteroatoms. The molecule has 4 atom stereocenters. The number of hydrogen-bond donors (Lipinski definition) is 2. The molecule has 1 aromatic rings. The van der Waals surface area contributed by atoms with Gasteiger partial charge in [-0.25, -0.2) is 0 Å². The second-order valence-electron chi connectivity index (χ2n) is 9.69. The monoisotopic (exact) mass is 436 g/mol. The second-order valence-corrected chi connectivity index (χ2v) is 9.69. The number of piperidine rings is 2. The smallest absolute Gasteiger partial charge is 0.313 e. The van der Waals surface area contributed by atoms with Gasteiger partial charge < -0.3 is 15.5 Å². The van der Waals surface area contributed by atoms with Crippen LogP contribution in [0.2, 0.25) is 0 Å². The molecule has 0 saturated carbocycles. The number of aromatic nitrogens is 1. The van der Waals surface area contributed by atoms with Gasteiger partial charge in [-0.05, 0) is 63.2 Å². The van der Waals surface area contributed by atoms with Crippen molar-refractivity contribution in [2.45, 2.75) is 65.0 Å². The Morgan fingerprint density at radius 2 is 2.06 bits per heavy atom. The molecular weight excluding hydrogens is 404 g/mol. The van der Waals surface area contributed by atoms with E-state index < -0.39 is 17.4 Å². The summed E-state index contributed by atoms with van der Waals surface area (Å²) in [4.78, 5) is 44.1. The van der Waals surface area contributed by atoms with Crippen molar-refractivity contribution in [3.8, 4) is 0 Å². The van der Waals surface area contributed by atoms with Crippen molar-refractivity contribution >= 4 is 23.4 Å². The third-order valence-corrected chi connectivity index (χ3v) is 7.24. The van der Waals surface area contributed by atoms with Gasteiger partial charge in [0, 0.05) is 24.6 Å². The normalized spacial score (nSPS) is 29.6. The minimum absolute atomic E-state index is 0.0100. The lowest BCUT2D eigenvalue weighted by molar-refractivity contribution is -0.148. The fraction of sp³-hybridized carbons (Fsp3) is 0.520. The van der Waals surface area contributed by atoms with E-state index >= 15 is 0 Å². The van der Waals surface area contributed by atoms with E-state index in [0.717, 1.165) is 36.1 Å². The number of hydrogen-bond acceptors (Lipinski definition) is 4. The third-order valence-electron chi connectivity index (χ3n) is 7.24. The fourth-order valence-electron chi connectivity index (χ4n) is 4.97. The van der Waals surface area contributed by atoms with Crippen molar-refractivity contribution in [1.82, 2.24) is 15.2 Å². The van der Waals surface area contributed by atoms with Crippen LogP contribution in [0.3, 0.4) is 0 Å². The predicted octanol–water partition coefficient (Wildman–Crippen LogP) is 3.05. The highest BCUT2D eigenvalue weighted by molar-refractivity contribution is 6.39.